The number of benzene rings is 1. The summed E-state index contributed by atoms with van der Waals surface area (Å²) in [6.45, 7) is 0. The molecule has 0 spiro atoms. The molecule has 0 saturated heterocycles. The summed E-state index contributed by atoms with van der Waals surface area (Å²) in [4.78, 5) is 12.3. The number of hydrogen-bond donors (Lipinski definition) is 0. The molecule has 0 heterocycles. The van der Waals surface area contributed by atoms with Crippen LogP contribution in [-0.4, -0.2) is 12.9 Å². The number of fused-ring (bicyclic) bond motifs is 4. The van der Waals surface area contributed by atoms with Crippen molar-refractivity contribution in [2.75, 3.05) is 7.11 Å². The van der Waals surface area contributed by atoms with Gasteiger partial charge in [0.05, 0.1) is 7.11 Å². The van der Waals surface area contributed by atoms with Crippen LogP contribution in [0.15, 0.2) is 18.2 Å². The van der Waals surface area contributed by atoms with Crippen molar-refractivity contribution in [3.05, 3.63) is 29.3 Å². The second kappa shape index (κ2) is 4.17. The highest BCUT2D eigenvalue weighted by atomic mass is 16.5. The Hall–Kier alpha value is -1.31. The molecule has 2 nitrogen and oxygen atoms in total. The first kappa shape index (κ1) is 10.8. The lowest BCUT2D eigenvalue weighted by Crippen LogP contribution is -2.28. The Morgan fingerprint density at radius 3 is 2.88 bits per heavy atom. The summed E-state index contributed by atoms with van der Waals surface area (Å²) in [6, 6.07) is 6.23. The third-order valence-corrected chi connectivity index (χ3v) is 4.24. The topological polar surface area (TPSA) is 26.3 Å². The van der Waals surface area contributed by atoms with Gasteiger partial charge in [-0.25, -0.2) is 0 Å². The Balaban J connectivity index is 2.07. The van der Waals surface area contributed by atoms with Crippen molar-refractivity contribution in [2.24, 2.45) is 5.92 Å². The Labute approximate surface area is 102 Å². The number of Topliss-reactive ketones (excluding diaryl/α,β-unsaturated/α-hetero) is 1. The molecular weight excluding hydrogens is 212 g/mol. The average molecular weight is 230 g/mol. The van der Waals surface area contributed by atoms with Crippen LogP contribution in [0.5, 0.6) is 5.75 Å². The van der Waals surface area contributed by atoms with Gasteiger partial charge in [0.2, 0.25) is 0 Å². The van der Waals surface area contributed by atoms with Gasteiger partial charge in [0.15, 0.2) is 0 Å². The molecule has 90 valence electrons. The number of ether oxygens (including phenoxy) is 1. The summed E-state index contributed by atoms with van der Waals surface area (Å²) in [5.41, 5.74) is 2.59. The van der Waals surface area contributed by atoms with Crippen LogP contribution in [0.25, 0.3) is 0 Å². The van der Waals surface area contributed by atoms with Gasteiger partial charge >= 0.3 is 0 Å². The Bertz CT molecular complexity index is 450. The normalized spacial score (nSPS) is 27.2. The Kier molecular flexibility index (Phi) is 2.65. The summed E-state index contributed by atoms with van der Waals surface area (Å²) in [5, 5.41) is 0. The van der Waals surface area contributed by atoms with Crippen LogP contribution >= 0.6 is 0 Å². The van der Waals surface area contributed by atoms with Crippen LogP contribution in [0.2, 0.25) is 0 Å². The fourth-order valence-electron chi connectivity index (χ4n) is 3.30. The Morgan fingerprint density at radius 1 is 1.24 bits per heavy atom. The zero-order chi connectivity index (χ0) is 11.8. The van der Waals surface area contributed by atoms with Gasteiger partial charge in [-0.05, 0) is 42.5 Å². The van der Waals surface area contributed by atoms with Crippen LogP contribution in [0.3, 0.4) is 0 Å². The molecule has 2 unspecified atom stereocenters. The molecule has 2 aliphatic carbocycles. The highest BCUT2D eigenvalue weighted by Crippen LogP contribution is 2.41. The first-order valence-corrected chi connectivity index (χ1v) is 6.50. The lowest BCUT2D eigenvalue weighted by molar-refractivity contribution is -0.124. The summed E-state index contributed by atoms with van der Waals surface area (Å²) in [7, 11) is 1.68. The van der Waals surface area contributed by atoms with E-state index in [4.69, 9.17) is 4.74 Å². The highest BCUT2D eigenvalue weighted by Gasteiger charge is 2.36. The fraction of sp³-hybridized carbons (Fsp3) is 0.533. The smallest absolute Gasteiger partial charge is 0.143 e. The molecule has 2 aliphatic rings. The molecule has 0 aliphatic heterocycles. The second-order valence-electron chi connectivity index (χ2n) is 5.21. The van der Waals surface area contributed by atoms with Crippen LogP contribution in [-0.2, 0) is 11.2 Å². The molecule has 3 rings (SSSR count). The standard InChI is InChI=1S/C15H18O2/c1-17-12-7-6-10-8-11-4-2-3-5-13(15(11)16)14(10)9-12/h6-7,9,11,13H,2-5,8H2,1H3. The molecule has 1 saturated carbocycles. The Morgan fingerprint density at radius 2 is 2.06 bits per heavy atom. The van der Waals surface area contributed by atoms with E-state index in [1.54, 1.807) is 7.11 Å². The molecular formula is C15H18O2. The van der Waals surface area contributed by atoms with Gasteiger partial charge < -0.3 is 4.74 Å². The van der Waals surface area contributed by atoms with E-state index in [0.29, 0.717) is 5.78 Å². The van der Waals surface area contributed by atoms with Gasteiger partial charge in [-0.3, -0.25) is 4.79 Å². The van der Waals surface area contributed by atoms with Crippen molar-refractivity contribution in [1.29, 1.82) is 0 Å². The first-order valence-electron chi connectivity index (χ1n) is 6.50. The molecule has 2 atom stereocenters. The van der Waals surface area contributed by atoms with Gasteiger partial charge in [0.1, 0.15) is 11.5 Å². The summed E-state index contributed by atoms with van der Waals surface area (Å²) in [5.74, 6) is 1.77. The van der Waals surface area contributed by atoms with Crippen molar-refractivity contribution in [1.82, 2.24) is 0 Å². The fourth-order valence-corrected chi connectivity index (χ4v) is 3.30. The van der Waals surface area contributed by atoms with Gasteiger partial charge in [-0.2, -0.15) is 0 Å². The molecule has 0 aromatic heterocycles. The van der Waals surface area contributed by atoms with Crippen molar-refractivity contribution in [3.8, 4) is 5.75 Å². The molecule has 2 bridgehead atoms. The lowest BCUT2D eigenvalue weighted by Gasteiger charge is -2.28. The number of hydrogen-bond acceptors (Lipinski definition) is 2. The van der Waals surface area contributed by atoms with E-state index in [1.165, 1.54) is 24.0 Å². The van der Waals surface area contributed by atoms with Gasteiger partial charge in [0.25, 0.3) is 0 Å². The summed E-state index contributed by atoms with van der Waals surface area (Å²) < 4.78 is 5.27. The zero-order valence-corrected chi connectivity index (χ0v) is 10.2. The number of carbonyl (C=O) groups is 1. The molecule has 1 fully saturated rings. The third-order valence-electron chi connectivity index (χ3n) is 4.24. The minimum absolute atomic E-state index is 0.140. The predicted molar refractivity (Wildman–Crippen MR) is 66.4 cm³/mol. The van der Waals surface area contributed by atoms with Crippen LogP contribution < -0.4 is 4.74 Å². The SMILES string of the molecule is COc1ccc2c(c1)C1CCCCC(C2)C1=O. The van der Waals surface area contributed by atoms with E-state index < -0.39 is 0 Å². The van der Waals surface area contributed by atoms with E-state index in [0.717, 1.165) is 25.0 Å². The lowest BCUT2D eigenvalue weighted by atomic mass is 9.75. The predicted octanol–water partition coefficient (Wildman–Crippen LogP) is 3.09. The molecule has 0 N–H and O–H groups in total. The van der Waals surface area contributed by atoms with E-state index in [-0.39, 0.29) is 11.8 Å². The largest absolute Gasteiger partial charge is 0.497 e. The van der Waals surface area contributed by atoms with Gasteiger partial charge in [-0.1, -0.05) is 18.9 Å². The van der Waals surface area contributed by atoms with Gasteiger partial charge in [-0.15, -0.1) is 0 Å². The monoisotopic (exact) mass is 230 g/mol. The van der Waals surface area contributed by atoms with Crippen LogP contribution in [0.1, 0.15) is 42.7 Å². The van der Waals surface area contributed by atoms with Crippen molar-refractivity contribution in [2.45, 2.75) is 38.0 Å². The average Bonchev–Trinajstić information content (AvgIpc) is 2.47. The van der Waals surface area contributed by atoms with E-state index in [9.17, 15) is 4.79 Å². The molecule has 2 heteroatoms. The number of ketones is 1. The highest BCUT2D eigenvalue weighted by molar-refractivity contribution is 5.90. The molecule has 1 aromatic carbocycles. The van der Waals surface area contributed by atoms with E-state index in [2.05, 4.69) is 12.1 Å². The first-order chi connectivity index (χ1) is 8.29. The van der Waals surface area contributed by atoms with Gasteiger partial charge in [0, 0.05) is 11.8 Å². The quantitative estimate of drug-likeness (QED) is 0.741. The molecule has 0 amide bonds. The van der Waals surface area contributed by atoms with E-state index >= 15 is 0 Å². The van der Waals surface area contributed by atoms with Crippen molar-refractivity contribution < 1.29 is 9.53 Å². The van der Waals surface area contributed by atoms with E-state index in [1.807, 2.05) is 6.07 Å². The maximum atomic E-state index is 12.3. The minimum atomic E-state index is 0.140. The molecule has 1 aromatic rings. The van der Waals surface area contributed by atoms with Crippen LogP contribution in [0, 0.1) is 5.92 Å². The zero-order valence-electron chi connectivity index (χ0n) is 10.2. The number of methoxy groups -OCH3 is 1. The maximum absolute atomic E-state index is 12.3. The molecule has 17 heavy (non-hydrogen) atoms. The maximum Gasteiger partial charge on any atom is 0.143 e. The van der Waals surface area contributed by atoms with Crippen molar-refractivity contribution >= 4 is 5.78 Å². The summed E-state index contributed by atoms with van der Waals surface area (Å²) >= 11 is 0. The molecule has 0 radical (unpaired) electrons. The minimum Gasteiger partial charge on any atom is -0.497 e. The number of carbonyl (C=O) groups excluding carboxylic acids is 1. The number of rotatable bonds is 1. The summed E-state index contributed by atoms with van der Waals surface area (Å²) in [6.07, 6.45) is 5.44. The van der Waals surface area contributed by atoms with Crippen LogP contribution in [0.4, 0.5) is 0 Å². The third kappa shape index (κ3) is 1.76. The van der Waals surface area contributed by atoms with Crippen molar-refractivity contribution in [3.63, 3.8) is 0 Å². The second-order valence-corrected chi connectivity index (χ2v) is 5.21.